The third-order valence-corrected chi connectivity index (χ3v) is 2.74. The van der Waals surface area contributed by atoms with E-state index in [2.05, 4.69) is 0 Å². The highest BCUT2D eigenvalue weighted by atomic mass is 16.5. The lowest BCUT2D eigenvalue weighted by molar-refractivity contribution is -0.112. The molecule has 0 bridgehead atoms. The summed E-state index contributed by atoms with van der Waals surface area (Å²) in [7, 11) is 1.63. The minimum atomic E-state index is -0.369. The van der Waals surface area contributed by atoms with E-state index in [0.29, 0.717) is 0 Å². The average Bonchev–Trinajstić information content (AvgIpc) is 2.28. The van der Waals surface area contributed by atoms with Crippen LogP contribution in [0.2, 0.25) is 0 Å². The lowest BCUT2D eigenvalue weighted by atomic mass is 9.82. The number of rotatable bonds is 4. The van der Waals surface area contributed by atoms with Crippen LogP contribution >= 0.6 is 0 Å². The van der Waals surface area contributed by atoms with Crippen molar-refractivity contribution in [3.05, 3.63) is 29.8 Å². The Kier molecular flexibility index (Phi) is 3.28. The van der Waals surface area contributed by atoms with Gasteiger partial charge in [-0.25, -0.2) is 0 Å². The molecular formula is C12H16O2. The summed E-state index contributed by atoms with van der Waals surface area (Å²) in [5.41, 5.74) is 0.669. The van der Waals surface area contributed by atoms with E-state index < -0.39 is 0 Å². The Morgan fingerprint density at radius 1 is 1.36 bits per heavy atom. The van der Waals surface area contributed by atoms with Crippen LogP contribution in [-0.2, 0) is 10.2 Å². The Bertz CT molecular complexity index is 303. The third kappa shape index (κ3) is 1.95. The highest BCUT2D eigenvalue weighted by Crippen LogP contribution is 2.26. The number of hydrogen-bond donors (Lipinski definition) is 0. The summed E-state index contributed by atoms with van der Waals surface area (Å²) < 4.78 is 5.06. The van der Waals surface area contributed by atoms with Crippen LogP contribution < -0.4 is 4.74 Å². The molecule has 76 valence electrons. The van der Waals surface area contributed by atoms with Gasteiger partial charge >= 0.3 is 0 Å². The molecule has 1 aromatic carbocycles. The first-order valence-electron chi connectivity index (χ1n) is 4.77. The molecule has 0 aliphatic rings. The maximum absolute atomic E-state index is 11.0. The summed E-state index contributed by atoms with van der Waals surface area (Å²) in [5, 5.41) is 0. The van der Waals surface area contributed by atoms with Crippen molar-refractivity contribution in [2.75, 3.05) is 7.11 Å². The van der Waals surface area contributed by atoms with Crippen molar-refractivity contribution in [1.29, 1.82) is 0 Å². The fourth-order valence-electron chi connectivity index (χ4n) is 1.33. The molecule has 0 radical (unpaired) electrons. The van der Waals surface area contributed by atoms with Gasteiger partial charge in [0.15, 0.2) is 0 Å². The normalized spacial score (nSPS) is 14.5. The molecule has 0 aromatic heterocycles. The van der Waals surface area contributed by atoms with Crippen LogP contribution in [0.15, 0.2) is 24.3 Å². The van der Waals surface area contributed by atoms with E-state index >= 15 is 0 Å². The van der Waals surface area contributed by atoms with Crippen molar-refractivity contribution in [2.24, 2.45) is 0 Å². The van der Waals surface area contributed by atoms with Crippen LogP contribution in [0.25, 0.3) is 0 Å². The molecule has 0 amide bonds. The number of aldehydes is 1. The van der Waals surface area contributed by atoms with Crippen LogP contribution in [0.1, 0.15) is 25.8 Å². The van der Waals surface area contributed by atoms with Crippen LogP contribution in [0.3, 0.4) is 0 Å². The van der Waals surface area contributed by atoms with Crippen molar-refractivity contribution in [1.82, 2.24) is 0 Å². The van der Waals surface area contributed by atoms with E-state index in [9.17, 15) is 4.79 Å². The molecule has 1 rings (SSSR count). The van der Waals surface area contributed by atoms with Crippen LogP contribution in [-0.4, -0.2) is 13.4 Å². The second-order valence-corrected chi connectivity index (χ2v) is 3.62. The number of hydrogen-bond acceptors (Lipinski definition) is 2. The summed E-state index contributed by atoms with van der Waals surface area (Å²) in [6.45, 7) is 3.96. The molecule has 0 N–H and O–H groups in total. The number of carbonyl (C=O) groups excluding carboxylic acids is 1. The summed E-state index contributed by atoms with van der Waals surface area (Å²) >= 11 is 0. The van der Waals surface area contributed by atoms with Gasteiger partial charge < -0.3 is 9.53 Å². The second kappa shape index (κ2) is 4.27. The Labute approximate surface area is 84.9 Å². The maximum Gasteiger partial charge on any atom is 0.130 e. The van der Waals surface area contributed by atoms with E-state index in [-0.39, 0.29) is 5.41 Å². The molecule has 0 unspecified atom stereocenters. The van der Waals surface area contributed by atoms with Gasteiger partial charge in [-0.05, 0) is 31.0 Å². The van der Waals surface area contributed by atoms with Crippen LogP contribution in [0.4, 0.5) is 0 Å². The average molecular weight is 192 g/mol. The predicted molar refractivity (Wildman–Crippen MR) is 56.7 cm³/mol. The fraction of sp³-hybridized carbons (Fsp3) is 0.417. The first-order valence-corrected chi connectivity index (χ1v) is 4.77. The number of ether oxygens (including phenoxy) is 1. The lowest BCUT2D eigenvalue weighted by Crippen LogP contribution is -2.22. The Morgan fingerprint density at radius 2 is 1.93 bits per heavy atom. The van der Waals surface area contributed by atoms with Crippen LogP contribution in [0.5, 0.6) is 5.75 Å². The fourth-order valence-corrected chi connectivity index (χ4v) is 1.33. The van der Waals surface area contributed by atoms with Gasteiger partial charge in [0.05, 0.1) is 7.11 Å². The topological polar surface area (TPSA) is 26.3 Å². The molecule has 0 saturated carbocycles. The monoisotopic (exact) mass is 192 g/mol. The van der Waals surface area contributed by atoms with Gasteiger partial charge in [0.1, 0.15) is 12.0 Å². The quantitative estimate of drug-likeness (QED) is 0.685. The van der Waals surface area contributed by atoms with Gasteiger partial charge in [-0.3, -0.25) is 0 Å². The van der Waals surface area contributed by atoms with Crippen molar-refractivity contribution in [3.8, 4) is 5.75 Å². The largest absolute Gasteiger partial charge is 0.497 e. The molecule has 0 aliphatic carbocycles. The summed E-state index contributed by atoms with van der Waals surface area (Å²) in [5.74, 6) is 0.818. The smallest absolute Gasteiger partial charge is 0.130 e. The van der Waals surface area contributed by atoms with E-state index in [1.165, 1.54) is 0 Å². The SMILES string of the molecule is CC[C@@](C)(C=O)c1ccc(OC)cc1. The minimum Gasteiger partial charge on any atom is -0.497 e. The summed E-state index contributed by atoms with van der Waals surface area (Å²) in [6.07, 6.45) is 1.82. The Hall–Kier alpha value is -1.31. The number of methoxy groups -OCH3 is 1. The molecule has 0 spiro atoms. The molecule has 0 aliphatic heterocycles. The van der Waals surface area contributed by atoms with Crippen molar-refractivity contribution in [3.63, 3.8) is 0 Å². The molecule has 0 fully saturated rings. The molecule has 2 heteroatoms. The zero-order chi connectivity index (χ0) is 10.6. The maximum atomic E-state index is 11.0. The van der Waals surface area contributed by atoms with E-state index in [4.69, 9.17) is 4.74 Å². The van der Waals surface area contributed by atoms with Gasteiger partial charge in [0.2, 0.25) is 0 Å². The first-order chi connectivity index (χ1) is 6.66. The zero-order valence-electron chi connectivity index (χ0n) is 8.91. The molecule has 1 aromatic rings. The molecular weight excluding hydrogens is 176 g/mol. The molecule has 0 saturated heterocycles. The zero-order valence-corrected chi connectivity index (χ0v) is 8.91. The molecule has 14 heavy (non-hydrogen) atoms. The van der Waals surface area contributed by atoms with E-state index in [0.717, 1.165) is 24.0 Å². The Morgan fingerprint density at radius 3 is 2.29 bits per heavy atom. The van der Waals surface area contributed by atoms with E-state index in [1.807, 2.05) is 38.1 Å². The van der Waals surface area contributed by atoms with Gasteiger partial charge in [-0.1, -0.05) is 19.1 Å². The Balaban J connectivity index is 3.01. The molecule has 2 nitrogen and oxygen atoms in total. The standard InChI is InChI=1S/C12H16O2/c1-4-12(2,9-13)10-5-7-11(14-3)8-6-10/h5-9H,4H2,1-3H3/t12-/m0/s1. The summed E-state index contributed by atoms with van der Waals surface area (Å²) in [4.78, 5) is 11.0. The van der Waals surface area contributed by atoms with Crippen molar-refractivity contribution >= 4 is 6.29 Å². The number of carbonyl (C=O) groups is 1. The highest BCUT2D eigenvalue weighted by Gasteiger charge is 2.23. The number of benzene rings is 1. The molecule has 1 atom stereocenters. The van der Waals surface area contributed by atoms with Gasteiger partial charge in [0.25, 0.3) is 0 Å². The summed E-state index contributed by atoms with van der Waals surface area (Å²) in [6, 6.07) is 7.65. The van der Waals surface area contributed by atoms with Crippen LogP contribution in [0, 0.1) is 0 Å². The molecule has 0 heterocycles. The van der Waals surface area contributed by atoms with Gasteiger partial charge in [-0.15, -0.1) is 0 Å². The highest BCUT2D eigenvalue weighted by molar-refractivity contribution is 5.67. The second-order valence-electron chi connectivity index (χ2n) is 3.62. The van der Waals surface area contributed by atoms with Gasteiger partial charge in [-0.2, -0.15) is 0 Å². The first kappa shape index (κ1) is 10.8. The lowest BCUT2D eigenvalue weighted by Gasteiger charge is -2.21. The minimum absolute atomic E-state index is 0.369. The van der Waals surface area contributed by atoms with E-state index in [1.54, 1.807) is 7.11 Å². The predicted octanol–water partition coefficient (Wildman–Crippen LogP) is 2.56. The van der Waals surface area contributed by atoms with Crippen molar-refractivity contribution < 1.29 is 9.53 Å². The van der Waals surface area contributed by atoms with Crippen molar-refractivity contribution in [2.45, 2.75) is 25.7 Å². The van der Waals surface area contributed by atoms with Gasteiger partial charge in [0, 0.05) is 5.41 Å². The third-order valence-electron chi connectivity index (χ3n) is 2.74.